The summed E-state index contributed by atoms with van der Waals surface area (Å²) >= 11 is 0. The number of aliphatic carboxylic acids is 1. The molecule has 0 aromatic rings. The highest BCUT2D eigenvalue weighted by Gasteiger charge is 2.38. The first-order valence-corrected chi connectivity index (χ1v) is 6.39. The average Bonchev–Trinajstić information content (AvgIpc) is 2.84. The molecule has 0 aromatic heterocycles. The van der Waals surface area contributed by atoms with Gasteiger partial charge in [-0.25, -0.2) is 4.79 Å². The van der Waals surface area contributed by atoms with Crippen LogP contribution in [0.25, 0.3) is 0 Å². The molecular weight excluding hydrogens is 252 g/mol. The van der Waals surface area contributed by atoms with Crippen LogP contribution in [0.4, 0.5) is 4.79 Å². The summed E-state index contributed by atoms with van der Waals surface area (Å²) in [6.07, 6.45) is 0. The van der Waals surface area contributed by atoms with Gasteiger partial charge in [0, 0.05) is 13.7 Å². The number of carbonyl (C=O) groups excluding carboxylic acids is 1. The van der Waals surface area contributed by atoms with Crippen LogP contribution in [-0.2, 0) is 14.3 Å². The van der Waals surface area contributed by atoms with E-state index >= 15 is 0 Å². The number of rotatable bonds is 6. The van der Waals surface area contributed by atoms with E-state index in [2.05, 4.69) is 5.32 Å². The minimum absolute atomic E-state index is 0.125. The van der Waals surface area contributed by atoms with Crippen molar-refractivity contribution < 1.29 is 24.2 Å². The van der Waals surface area contributed by atoms with Gasteiger partial charge in [-0.3, -0.25) is 4.79 Å². The van der Waals surface area contributed by atoms with Gasteiger partial charge in [0.2, 0.25) is 0 Å². The number of nitrogens with zero attached hydrogens (tertiary/aromatic N) is 1. The van der Waals surface area contributed by atoms with Crippen molar-refractivity contribution in [2.24, 2.45) is 5.92 Å². The van der Waals surface area contributed by atoms with Gasteiger partial charge in [-0.2, -0.15) is 0 Å². The average molecular weight is 274 g/mol. The Morgan fingerprint density at radius 3 is 2.79 bits per heavy atom. The molecule has 0 radical (unpaired) electrons. The van der Waals surface area contributed by atoms with E-state index in [0.29, 0.717) is 13.2 Å². The lowest BCUT2D eigenvalue weighted by Crippen LogP contribution is -2.51. The quantitative estimate of drug-likeness (QED) is 0.720. The number of carboxylic acid groups (broad SMARTS) is 1. The number of amides is 2. The summed E-state index contributed by atoms with van der Waals surface area (Å²) in [5.41, 5.74) is 0. The third kappa shape index (κ3) is 4.36. The first-order valence-electron chi connectivity index (χ1n) is 6.39. The number of hydrogen-bond donors (Lipinski definition) is 2. The Balaban J connectivity index is 2.49. The van der Waals surface area contributed by atoms with Gasteiger partial charge < -0.3 is 24.8 Å². The van der Waals surface area contributed by atoms with Gasteiger partial charge in [-0.1, -0.05) is 0 Å². The first kappa shape index (κ1) is 15.7. The van der Waals surface area contributed by atoms with Crippen molar-refractivity contribution in [2.45, 2.75) is 25.9 Å². The van der Waals surface area contributed by atoms with Crippen molar-refractivity contribution in [2.75, 3.05) is 33.5 Å². The summed E-state index contributed by atoms with van der Waals surface area (Å²) in [6, 6.07) is -0.869. The number of carbonyl (C=O) groups is 2. The second-order valence-electron chi connectivity index (χ2n) is 4.67. The maximum Gasteiger partial charge on any atom is 0.317 e. The van der Waals surface area contributed by atoms with E-state index in [4.69, 9.17) is 14.6 Å². The number of hydrogen-bond acceptors (Lipinski definition) is 4. The number of carboxylic acids is 1. The molecule has 7 nitrogen and oxygen atoms in total. The predicted molar refractivity (Wildman–Crippen MR) is 68.0 cm³/mol. The first-order chi connectivity index (χ1) is 8.97. The zero-order valence-corrected chi connectivity index (χ0v) is 11.6. The standard InChI is InChI=1S/C12H22N2O5/c1-4-18-5-8(2)13-12(17)14(3)10-7-19-6-9(10)11(15)16/h8-10H,4-7H2,1-3H3,(H,13,17)(H,15,16). The molecule has 1 fully saturated rings. The minimum Gasteiger partial charge on any atom is -0.481 e. The van der Waals surface area contributed by atoms with Crippen LogP contribution in [0.15, 0.2) is 0 Å². The molecule has 1 aliphatic rings. The maximum atomic E-state index is 12.0. The molecule has 1 saturated heterocycles. The Morgan fingerprint density at radius 1 is 1.53 bits per heavy atom. The van der Waals surface area contributed by atoms with Crippen LogP contribution in [0.1, 0.15) is 13.8 Å². The number of likely N-dealkylation sites (N-methyl/N-ethyl adjacent to an activating group) is 1. The number of ether oxygens (including phenoxy) is 2. The van der Waals surface area contributed by atoms with Crippen LogP contribution in [-0.4, -0.2) is 67.6 Å². The smallest absolute Gasteiger partial charge is 0.317 e. The summed E-state index contributed by atoms with van der Waals surface area (Å²) in [4.78, 5) is 24.4. The SMILES string of the molecule is CCOCC(C)NC(=O)N(C)C1COCC1C(=O)O. The molecule has 110 valence electrons. The molecule has 1 rings (SSSR count). The van der Waals surface area contributed by atoms with Crippen LogP contribution in [0.3, 0.4) is 0 Å². The van der Waals surface area contributed by atoms with E-state index in [-0.39, 0.29) is 25.3 Å². The van der Waals surface area contributed by atoms with Crippen molar-refractivity contribution in [3.8, 4) is 0 Å². The van der Waals surface area contributed by atoms with Crippen LogP contribution >= 0.6 is 0 Å². The molecule has 1 heterocycles. The van der Waals surface area contributed by atoms with Crippen molar-refractivity contribution in [1.82, 2.24) is 10.2 Å². The van der Waals surface area contributed by atoms with Crippen LogP contribution in [0.2, 0.25) is 0 Å². The molecule has 7 heteroatoms. The predicted octanol–water partition coefficient (Wildman–Crippen LogP) is 0.152. The Hall–Kier alpha value is -1.34. The Morgan fingerprint density at radius 2 is 2.21 bits per heavy atom. The molecule has 2 N–H and O–H groups in total. The maximum absolute atomic E-state index is 12.0. The van der Waals surface area contributed by atoms with Crippen molar-refractivity contribution in [1.29, 1.82) is 0 Å². The van der Waals surface area contributed by atoms with E-state index in [0.717, 1.165) is 0 Å². The van der Waals surface area contributed by atoms with Crippen molar-refractivity contribution >= 4 is 12.0 Å². The topological polar surface area (TPSA) is 88.1 Å². The van der Waals surface area contributed by atoms with Gasteiger partial charge in [0.1, 0.15) is 5.92 Å². The lowest BCUT2D eigenvalue weighted by molar-refractivity contribution is -0.142. The minimum atomic E-state index is -0.940. The van der Waals surface area contributed by atoms with E-state index in [1.54, 1.807) is 7.05 Å². The molecule has 1 aliphatic heterocycles. The molecule has 0 saturated carbocycles. The third-order valence-electron chi connectivity index (χ3n) is 3.13. The largest absolute Gasteiger partial charge is 0.481 e. The number of nitrogens with one attached hydrogen (secondary N) is 1. The summed E-state index contributed by atoms with van der Waals surface area (Å²) < 4.78 is 10.4. The lowest BCUT2D eigenvalue weighted by atomic mass is 10.0. The Bertz CT molecular complexity index is 323. The van der Waals surface area contributed by atoms with Crippen LogP contribution in [0, 0.1) is 5.92 Å². The molecule has 0 aromatic carbocycles. The van der Waals surface area contributed by atoms with E-state index in [9.17, 15) is 9.59 Å². The molecule has 2 amide bonds. The van der Waals surface area contributed by atoms with E-state index in [1.807, 2.05) is 13.8 Å². The third-order valence-corrected chi connectivity index (χ3v) is 3.13. The van der Waals surface area contributed by atoms with E-state index < -0.39 is 17.9 Å². The molecule has 3 unspecified atom stereocenters. The summed E-state index contributed by atoms with van der Waals surface area (Å²) in [5, 5.41) is 11.8. The van der Waals surface area contributed by atoms with Crippen molar-refractivity contribution in [3.63, 3.8) is 0 Å². The Kier molecular flexibility index (Phi) is 6.04. The highest BCUT2D eigenvalue weighted by Crippen LogP contribution is 2.19. The fraction of sp³-hybridized carbons (Fsp3) is 0.833. The fourth-order valence-electron chi connectivity index (χ4n) is 1.96. The van der Waals surface area contributed by atoms with Crippen LogP contribution < -0.4 is 5.32 Å². The highest BCUT2D eigenvalue weighted by atomic mass is 16.5. The van der Waals surface area contributed by atoms with Gasteiger partial charge in [0.25, 0.3) is 0 Å². The molecule has 0 bridgehead atoms. The molecule has 0 aliphatic carbocycles. The lowest BCUT2D eigenvalue weighted by Gasteiger charge is -2.28. The molecule has 0 spiro atoms. The van der Waals surface area contributed by atoms with E-state index in [1.165, 1.54) is 4.90 Å². The normalized spacial score (nSPS) is 23.9. The molecular formula is C12H22N2O5. The van der Waals surface area contributed by atoms with Gasteiger partial charge in [0.05, 0.1) is 31.9 Å². The zero-order valence-electron chi connectivity index (χ0n) is 11.6. The summed E-state index contributed by atoms with van der Waals surface area (Å²) in [6.45, 7) is 5.13. The second-order valence-corrected chi connectivity index (χ2v) is 4.67. The second kappa shape index (κ2) is 7.30. The zero-order chi connectivity index (χ0) is 14.4. The van der Waals surface area contributed by atoms with Gasteiger partial charge >= 0.3 is 12.0 Å². The molecule has 19 heavy (non-hydrogen) atoms. The van der Waals surface area contributed by atoms with Gasteiger partial charge in [0.15, 0.2) is 0 Å². The Labute approximate surface area is 112 Å². The molecule has 3 atom stereocenters. The van der Waals surface area contributed by atoms with Crippen molar-refractivity contribution in [3.05, 3.63) is 0 Å². The van der Waals surface area contributed by atoms with Gasteiger partial charge in [-0.15, -0.1) is 0 Å². The van der Waals surface area contributed by atoms with Crippen LogP contribution in [0.5, 0.6) is 0 Å². The number of urea groups is 1. The monoisotopic (exact) mass is 274 g/mol. The summed E-state index contributed by atoms with van der Waals surface area (Å²) in [5.74, 6) is -1.61. The summed E-state index contributed by atoms with van der Waals surface area (Å²) in [7, 11) is 1.58. The van der Waals surface area contributed by atoms with Gasteiger partial charge in [-0.05, 0) is 13.8 Å². The highest BCUT2D eigenvalue weighted by molar-refractivity contribution is 5.77. The fourth-order valence-corrected chi connectivity index (χ4v) is 1.96.